The maximum absolute atomic E-state index is 9.17. The van der Waals surface area contributed by atoms with Crippen LogP contribution >= 0.6 is 0 Å². The fourth-order valence-electron chi connectivity index (χ4n) is 4.57. The summed E-state index contributed by atoms with van der Waals surface area (Å²) < 4.78 is 49.2. The van der Waals surface area contributed by atoms with E-state index in [1.807, 2.05) is 85.9 Å². The van der Waals surface area contributed by atoms with Crippen molar-refractivity contribution in [3.8, 4) is 22.5 Å². The molecule has 0 aliphatic carbocycles. The standard InChI is InChI=1S/C22H24NSi.C17H20N.Ir/c1-17(18-11-7-5-8-12-18)20-15-21(19-13-9-6-10-14-19)23-16-22(20)24(2,3)4;1-13-12-18-16(14-8-6-5-7-9-14)10-15(13)11-17(2,3)4;/h5-13,15-17H,1-4H3;5-8,10,12H,11H2,1-4H3;/q2*-1;/i17D;1D3,11D2;. The van der Waals surface area contributed by atoms with Gasteiger partial charge in [0.25, 0.3) is 0 Å². The van der Waals surface area contributed by atoms with Crippen LogP contribution in [0.5, 0.6) is 0 Å². The molecule has 43 heavy (non-hydrogen) atoms. The molecule has 0 amide bonds. The molecule has 0 saturated carbocycles. The van der Waals surface area contributed by atoms with Crippen molar-refractivity contribution >= 4 is 13.3 Å². The van der Waals surface area contributed by atoms with Crippen LogP contribution < -0.4 is 5.19 Å². The van der Waals surface area contributed by atoms with Crippen molar-refractivity contribution in [2.45, 2.75) is 66.5 Å². The summed E-state index contributed by atoms with van der Waals surface area (Å²) in [6, 6.07) is 35.1. The van der Waals surface area contributed by atoms with E-state index in [2.05, 4.69) is 42.8 Å². The second kappa shape index (κ2) is 15.0. The number of hydrogen-bond acceptors (Lipinski definition) is 2. The SMILES string of the molecule is [2H]C(C)(c1ccccc1)c1cc(-c2[c-]cccc2)ncc1[Si](C)(C)C.[2H]C([2H])([2H])c1cnc(-c2[c-]cccc2)cc1C([2H])([2H])C(C)(C)C.[Ir]. The van der Waals surface area contributed by atoms with Crippen LogP contribution in [0.25, 0.3) is 22.5 Å². The van der Waals surface area contributed by atoms with Gasteiger partial charge < -0.3 is 9.97 Å². The van der Waals surface area contributed by atoms with Crippen molar-refractivity contribution in [1.29, 1.82) is 0 Å². The Morgan fingerprint density at radius 2 is 1.40 bits per heavy atom. The number of nitrogens with zero attached hydrogens (tertiary/aromatic N) is 2. The minimum Gasteiger partial charge on any atom is -0.305 e. The summed E-state index contributed by atoms with van der Waals surface area (Å²) in [4.78, 5) is 8.92. The van der Waals surface area contributed by atoms with E-state index in [1.165, 1.54) is 11.4 Å². The predicted octanol–water partition coefficient (Wildman–Crippen LogP) is 9.69. The summed E-state index contributed by atoms with van der Waals surface area (Å²) in [5.41, 5.74) is 4.48. The first-order chi connectivity index (χ1) is 22.2. The maximum Gasteiger partial charge on any atom is 0.0799 e. The molecule has 0 aliphatic heterocycles. The molecule has 0 spiro atoms. The number of hydrogen-bond donors (Lipinski definition) is 0. The molecular formula is C39H44IrN2Si-2. The summed E-state index contributed by atoms with van der Waals surface area (Å²) in [6.07, 6.45) is 1.44. The summed E-state index contributed by atoms with van der Waals surface area (Å²) >= 11 is 0. The summed E-state index contributed by atoms with van der Waals surface area (Å²) in [5, 5.41) is 1.24. The third-order valence-corrected chi connectivity index (χ3v) is 8.72. The Bertz CT molecular complexity index is 1820. The van der Waals surface area contributed by atoms with Crippen LogP contribution in [0.2, 0.25) is 19.6 Å². The van der Waals surface area contributed by atoms with Gasteiger partial charge in [0, 0.05) is 46.6 Å². The smallest absolute Gasteiger partial charge is 0.0799 e. The zero-order valence-corrected chi connectivity index (χ0v) is 29.4. The van der Waals surface area contributed by atoms with Crippen molar-refractivity contribution in [3.05, 3.63) is 138 Å². The molecule has 5 rings (SSSR count). The van der Waals surface area contributed by atoms with Gasteiger partial charge in [0.2, 0.25) is 0 Å². The second-order valence-corrected chi connectivity index (χ2v) is 17.4. The largest absolute Gasteiger partial charge is 0.305 e. The van der Waals surface area contributed by atoms with Crippen molar-refractivity contribution in [3.63, 3.8) is 0 Å². The van der Waals surface area contributed by atoms with Gasteiger partial charge in [-0.1, -0.05) is 95.4 Å². The first kappa shape index (κ1) is 26.2. The Hall–Kier alpha value is -3.17. The molecule has 1 atom stereocenters. The van der Waals surface area contributed by atoms with Crippen molar-refractivity contribution < 1.29 is 28.3 Å². The Morgan fingerprint density at radius 3 is 1.91 bits per heavy atom. The molecule has 0 saturated heterocycles. The van der Waals surface area contributed by atoms with Gasteiger partial charge in [0.1, 0.15) is 0 Å². The van der Waals surface area contributed by atoms with Gasteiger partial charge in [0.15, 0.2) is 0 Å². The summed E-state index contributed by atoms with van der Waals surface area (Å²) in [7, 11) is -1.64. The Balaban J connectivity index is 0.000000261. The van der Waals surface area contributed by atoms with Crippen molar-refractivity contribution in [2.75, 3.05) is 0 Å². The number of aromatic nitrogens is 2. The van der Waals surface area contributed by atoms with Crippen LogP contribution in [-0.4, -0.2) is 18.0 Å². The fraction of sp³-hybridized carbons (Fsp3) is 0.282. The van der Waals surface area contributed by atoms with Gasteiger partial charge in [-0.2, -0.15) is 0 Å². The fourth-order valence-corrected chi connectivity index (χ4v) is 6.09. The van der Waals surface area contributed by atoms with Crippen LogP contribution in [0.1, 0.15) is 64.1 Å². The zero-order chi connectivity index (χ0) is 35.5. The molecule has 2 nitrogen and oxygen atoms in total. The minimum absolute atomic E-state index is 0. The molecule has 5 aromatic rings. The monoisotopic (exact) mass is 767 g/mol. The molecule has 0 N–H and O–H groups in total. The Kier molecular flexibility index (Phi) is 9.17. The van der Waals surface area contributed by atoms with Gasteiger partial charge in [-0.05, 0) is 51.9 Å². The van der Waals surface area contributed by atoms with Gasteiger partial charge >= 0.3 is 0 Å². The van der Waals surface area contributed by atoms with E-state index in [-0.39, 0.29) is 31.2 Å². The number of benzene rings is 3. The van der Waals surface area contributed by atoms with E-state index in [9.17, 15) is 1.37 Å². The molecule has 3 aromatic carbocycles. The van der Waals surface area contributed by atoms with Gasteiger partial charge in [-0.3, -0.25) is 0 Å². The molecule has 1 radical (unpaired) electrons. The molecule has 2 aromatic heterocycles. The molecule has 4 heteroatoms. The number of aryl methyl sites for hydroxylation is 1. The van der Waals surface area contributed by atoms with Crippen LogP contribution in [-0.2, 0) is 26.5 Å². The van der Waals surface area contributed by atoms with E-state index in [4.69, 9.17) is 11.8 Å². The Morgan fingerprint density at radius 1 is 0.837 bits per heavy atom. The topological polar surface area (TPSA) is 25.8 Å². The van der Waals surface area contributed by atoms with Gasteiger partial charge in [0.05, 0.1) is 8.07 Å². The molecule has 0 fully saturated rings. The van der Waals surface area contributed by atoms with Gasteiger partial charge in [-0.25, -0.2) is 0 Å². The van der Waals surface area contributed by atoms with Crippen LogP contribution in [0.3, 0.4) is 0 Å². The first-order valence-corrected chi connectivity index (χ1v) is 17.8. The second-order valence-electron chi connectivity index (χ2n) is 12.4. The molecule has 1 unspecified atom stereocenters. The molecule has 0 bridgehead atoms. The molecule has 2 heterocycles. The minimum atomic E-state index is -2.42. The molecule has 225 valence electrons. The third-order valence-electron chi connectivity index (χ3n) is 6.71. The maximum atomic E-state index is 9.17. The van der Waals surface area contributed by atoms with E-state index in [1.54, 1.807) is 32.9 Å². The molecular weight excluding hydrogens is 717 g/mol. The van der Waals surface area contributed by atoms with Crippen LogP contribution in [0.15, 0.2) is 103 Å². The number of rotatable bonds is 6. The number of pyridine rings is 2. The zero-order valence-electron chi connectivity index (χ0n) is 32.0. The normalized spacial score (nSPS) is 15.4. The first-order valence-electron chi connectivity index (χ1n) is 17.3. The van der Waals surface area contributed by atoms with Crippen LogP contribution in [0.4, 0.5) is 0 Å². The van der Waals surface area contributed by atoms with Crippen LogP contribution in [0, 0.1) is 24.4 Å². The van der Waals surface area contributed by atoms with Crippen molar-refractivity contribution in [1.82, 2.24) is 9.97 Å². The quantitative estimate of drug-likeness (QED) is 0.127. The van der Waals surface area contributed by atoms with E-state index >= 15 is 0 Å². The average Bonchev–Trinajstić information content (AvgIpc) is 3.04. The average molecular weight is 767 g/mol. The molecule has 0 aliphatic rings. The van der Waals surface area contributed by atoms with Gasteiger partial charge in [-0.15, -0.1) is 71.8 Å². The summed E-state index contributed by atoms with van der Waals surface area (Å²) in [6.45, 7) is 11.8. The predicted molar refractivity (Wildman–Crippen MR) is 182 cm³/mol. The Labute approximate surface area is 282 Å². The van der Waals surface area contributed by atoms with Crippen molar-refractivity contribution in [2.24, 2.45) is 5.41 Å². The third kappa shape index (κ3) is 9.66. The van der Waals surface area contributed by atoms with E-state index < -0.39 is 32.6 Å². The van der Waals surface area contributed by atoms with E-state index in [0.717, 1.165) is 22.4 Å². The van der Waals surface area contributed by atoms with E-state index in [0.29, 0.717) is 11.3 Å². The summed E-state index contributed by atoms with van der Waals surface area (Å²) in [5.74, 6) is -0.816.